The number of pyridine rings is 1. The molecule has 0 unspecified atom stereocenters. The second-order valence-corrected chi connectivity index (χ2v) is 9.84. The molecule has 0 saturated heterocycles. The Morgan fingerprint density at radius 3 is 2.68 bits per heavy atom. The first-order chi connectivity index (χ1) is 16.2. The largest absolute Gasteiger partial charge is 0.311 e. The second-order valence-electron chi connectivity index (χ2n) is 9.84. The smallest absolute Gasteiger partial charge is 0.278 e. The molecule has 0 aliphatic carbocycles. The highest BCUT2D eigenvalue weighted by atomic mass is 16.1. The zero-order valence-electron chi connectivity index (χ0n) is 20.1. The fraction of sp³-hybridized carbons (Fsp3) is 0.417. The monoisotopic (exact) mass is 459 g/mol. The lowest BCUT2D eigenvalue weighted by atomic mass is 9.91. The zero-order valence-corrected chi connectivity index (χ0v) is 20.1. The average Bonchev–Trinajstić information content (AvgIpc) is 3.10. The molecule has 34 heavy (non-hydrogen) atoms. The van der Waals surface area contributed by atoms with Crippen molar-refractivity contribution in [1.82, 2.24) is 39.6 Å². The quantitative estimate of drug-likeness (QED) is 0.478. The van der Waals surface area contributed by atoms with Crippen molar-refractivity contribution >= 4 is 22.8 Å². The van der Waals surface area contributed by atoms with Gasteiger partial charge in [0.15, 0.2) is 11.5 Å². The predicted molar refractivity (Wildman–Crippen MR) is 131 cm³/mol. The molecule has 2 N–H and O–H groups in total. The zero-order chi connectivity index (χ0) is 24.0. The Balaban J connectivity index is 1.63. The van der Waals surface area contributed by atoms with Gasteiger partial charge < -0.3 is 10.6 Å². The van der Waals surface area contributed by atoms with Crippen LogP contribution >= 0.6 is 0 Å². The van der Waals surface area contributed by atoms with Gasteiger partial charge in [0.1, 0.15) is 5.39 Å². The Morgan fingerprint density at radius 2 is 1.91 bits per heavy atom. The summed E-state index contributed by atoms with van der Waals surface area (Å²) in [6.45, 7) is 11.9. The van der Waals surface area contributed by atoms with E-state index in [4.69, 9.17) is 4.98 Å². The molecule has 5 rings (SSSR count). The van der Waals surface area contributed by atoms with Crippen LogP contribution in [-0.4, -0.2) is 40.8 Å². The van der Waals surface area contributed by atoms with Crippen LogP contribution in [0.5, 0.6) is 0 Å². The fourth-order valence-electron chi connectivity index (χ4n) is 4.12. The number of anilines is 2. The van der Waals surface area contributed by atoms with Crippen LogP contribution in [0.15, 0.2) is 35.5 Å². The standard InChI is InChI=1S/C24H29N9O/c1-14(2)32-22(34)16-11-28-23(30-20-13-27-18-12-25-8-7-17(18)29-20)31-21(16)33(32)15-6-9-26-19(10-15)24(3,4)5/h6,9-11,13-14,25H,7-8,12H2,1-5H3,(H,28,29,30,31). The first-order valence-electron chi connectivity index (χ1n) is 11.5. The third-order valence-corrected chi connectivity index (χ3v) is 5.87. The van der Waals surface area contributed by atoms with Crippen molar-refractivity contribution in [2.45, 2.75) is 59.0 Å². The number of aromatic nitrogens is 7. The lowest BCUT2D eigenvalue weighted by Gasteiger charge is -2.20. The van der Waals surface area contributed by atoms with Gasteiger partial charge in [0, 0.05) is 49.1 Å². The third-order valence-electron chi connectivity index (χ3n) is 5.87. The summed E-state index contributed by atoms with van der Waals surface area (Å²) in [4.78, 5) is 36.1. The van der Waals surface area contributed by atoms with E-state index in [1.54, 1.807) is 23.3 Å². The molecule has 0 amide bonds. The van der Waals surface area contributed by atoms with E-state index in [-0.39, 0.29) is 17.0 Å². The summed E-state index contributed by atoms with van der Waals surface area (Å²) in [7, 11) is 0. The highest BCUT2D eigenvalue weighted by Gasteiger charge is 2.22. The van der Waals surface area contributed by atoms with Gasteiger partial charge in [-0.05, 0) is 26.0 Å². The summed E-state index contributed by atoms with van der Waals surface area (Å²) in [5.41, 5.74) is 3.95. The van der Waals surface area contributed by atoms with Crippen molar-refractivity contribution in [2.75, 3.05) is 11.9 Å². The topological polar surface area (TPSA) is 115 Å². The van der Waals surface area contributed by atoms with Crippen molar-refractivity contribution < 1.29 is 0 Å². The van der Waals surface area contributed by atoms with Crippen LogP contribution in [0.2, 0.25) is 0 Å². The third kappa shape index (κ3) is 3.94. The number of fused-ring (bicyclic) bond motifs is 2. The molecule has 1 aliphatic rings. The second kappa shape index (κ2) is 8.28. The number of rotatable bonds is 4. The SMILES string of the molecule is CC(C)n1c(=O)c2cnc(Nc3cnc4c(n3)CCNC4)nc2n1-c1ccnc(C(C)(C)C)c1. The molecule has 4 aromatic heterocycles. The normalized spacial score (nSPS) is 13.9. The Kier molecular flexibility index (Phi) is 5.40. The summed E-state index contributed by atoms with van der Waals surface area (Å²) in [6.07, 6.45) is 5.86. The molecule has 10 nitrogen and oxygen atoms in total. The van der Waals surface area contributed by atoms with Crippen LogP contribution in [0.3, 0.4) is 0 Å². The van der Waals surface area contributed by atoms with Crippen molar-refractivity contribution in [3.63, 3.8) is 0 Å². The molecule has 0 bridgehead atoms. The van der Waals surface area contributed by atoms with Crippen LogP contribution in [0.4, 0.5) is 11.8 Å². The summed E-state index contributed by atoms with van der Waals surface area (Å²) in [5.74, 6) is 0.937. The maximum Gasteiger partial charge on any atom is 0.278 e. The van der Waals surface area contributed by atoms with Gasteiger partial charge in [-0.1, -0.05) is 20.8 Å². The molecule has 0 aromatic carbocycles. The van der Waals surface area contributed by atoms with Crippen LogP contribution in [0.1, 0.15) is 57.7 Å². The average molecular weight is 460 g/mol. The van der Waals surface area contributed by atoms with E-state index >= 15 is 0 Å². The van der Waals surface area contributed by atoms with E-state index < -0.39 is 0 Å². The molecule has 5 heterocycles. The highest BCUT2D eigenvalue weighted by molar-refractivity contribution is 5.77. The molecule has 0 atom stereocenters. The van der Waals surface area contributed by atoms with Crippen molar-refractivity contribution in [3.8, 4) is 5.69 Å². The van der Waals surface area contributed by atoms with Gasteiger partial charge in [0.05, 0.1) is 23.3 Å². The van der Waals surface area contributed by atoms with Crippen LogP contribution in [-0.2, 0) is 18.4 Å². The van der Waals surface area contributed by atoms with Crippen molar-refractivity contribution in [1.29, 1.82) is 0 Å². The molecule has 176 valence electrons. The molecule has 10 heteroatoms. The molecule has 1 aliphatic heterocycles. The lowest BCUT2D eigenvalue weighted by molar-refractivity contribution is 0.474. The van der Waals surface area contributed by atoms with Gasteiger partial charge in [-0.15, -0.1) is 0 Å². The molecular weight excluding hydrogens is 430 g/mol. The maximum atomic E-state index is 13.3. The van der Waals surface area contributed by atoms with Gasteiger partial charge in [-0.25, -0.2) is 19.3 Å². The summed E-state index contributed by atoms with van der Waals surface area (Å²) >= 11 is 0. The van der Waals surface area contributed by atoms with E-state index in [1.165, 1.54) is 0 Å². The van der Waals surface area contributed by atoms with Gasteiger partial charge in [-0.2, -0.15) is 4.98 Å². The molecule has 0 saturated carbocycles. The Labute approximate surface area is 197 Å². The van der Waals surface area contributed by atoms with Gasteiger partial charge >= 0.3 is 0 Å². The highest BCUT2D eigenvalue weighted by Crippen LogP contribution is 2.25. The van der Waals surface area contributed by atoms with Crippen molar-refractivity contribution in [3.05, 3.63) is 58.2 Å². The number of nitrogens with one attached hydrogen (secondary N) is 2. The minimum atomic E-state index is -0.135. The fourth-order valence-corrected chi connectivity index (χ4v) is 4.12. The minimum absolute atomic E-state index is 0.0792. The molecule has 0 fully saturated rings. The number of nitrogens with zero attached hydrogens (tertiary/aromatic N) is 7. The minimum Gasteiger partial charge on any atom is -0.311 e. The Hall–Kier alpha value is -3.66. The number of hydrogen-bond donors (Lipinski definition) is 2. The van der Waals surface area contributed by atoms with Crippen LogP contribution in [0, 0.1) is 0 Å². The van der Waals surface area contributed by atoms with E-state index in [0.717, 1.165) is 42.3 Å². The predicted octanol–water partition coefficient (Wildman–Crippen LogP) is 3.03. The first-order valence-corrected chi connectivity index (χ1v) is 11.5. The Bertz CT molecular complexity index is 1430. The molecule has 0 spiro atoms. The van der Waals surface area contributed by atoms with Crippen LogP contribution < -0.4 is 16.2 Å². The van der Waals surface area contributed by atoms with Gasteiger partial charge in [0.25, 0.3) is 5.56 Å². The van der Waals surface area contributed by atoms with E-state index in [1.807, 2.05) is 30.7 Å². The van der Waals surface area contributed by atoms with E-state index in [2.05, 4.69) is 51.3 Å². The number of hydrogen-bond acceptors (Lipinski definition) is 8. The van der Waals surface area contributed by atoms with E-state index in [0.29, 0.717) is 22.8 Å². The molecular formula is C24H29N9O. The van der Waals surface area contributed by atoms with Gasteiger partial charge in [-0.3, -0.25) is 14.8 Å². The summed E-state index contributed by atoms with van der Waals surface area (Å²) in [5, 5.41) is 6.91. The Morgan fingerprint density at radius 1 is 1.09 bits per heavy atom. The summed E-state index contributed by atoms with van der Waals surface area (Å²) < 4.78 is 3.56. The molecule has 0 radical (unpaired) electrons. The van der Waals surface area contributed by atoms with Crippen molar-refractivity contribution in [2.24, 2.45) is 0 Å². The van der Waals surface area contributed by atoms with Crippen LogP contribution in [0.25, 0.3) is 16.7 Å². The maximum absolute atomic E-state index is 13.3. The van der Waals surface area contributed by atoms with Gasteiger partial charge in [0.2, 0.25) is 5.95 Å². The van der Waals surface area contributed by atoms with E-state index in [9.17, 15) is 4.79 Å². The first kappa shape index (κ1) is 22.1. The molecule has 4 aromatic rings. The lowest BCUT2D eigenvalue weighted by Crippen LogP contribution is -2.25. The summed E-state index contributed by atoms with van der Waals surface area (Å²) in [6, 6.07) is 3.82.